The van der Waals surface area contributed by atoms with E-state index in [0.29, 0.717) is 5.92 Å². The highest BCUT2D eigenvalue weighted by atomic mass is 16.3. The Bertz CT molecular complexity index is 546. The number of rotatable bonds is 2. The first-order valence-corrected chi connectivity index (χ1v) is 6.91. The van der Waals surface area contributed by atoms with Crippen LogP contribution in [0.3, 0.4) is 0 Å². The van der Waals surface area contributed by atoms with Gasteiger partial charge in [-0.2, -0.15) is 0 Å². The first kappa shape index (κ1) is 11.7. The Kier molecular flexibility index (Phi) is 3.09. The fourth-order valence-corrected chi connectivity index (χ4v) is 3.20. The molecule has 1 aliphatic carbocycles. The van der Waals surface area contributed by atoms with Crippen molar-refractivity contribution >= 4 is 10.8 Å². The van der Waals surface area contributed by atoms with Gasteiger partial charge in [0.1, 0.15) is 0 Å². The largest absolute Gasteiger partial charge is 0.388 e. The maximum absolute atomic E-state index is 10.5. The van der Waals surface area contributed by atoms with Crippen LogP contribution in [0.1, 0.15) is 37.9 Å². The molecular weight excluding hydrogens is 220 g/mol. The van der Waals surface area contributed by atoms with Gasteiger partial charge in [-0.15, -0.1) is 0 Å². The van der Waals surface area contributed by atoms with E-state index in [1.165, 1.54) is 17.2 Å². The minimum Gasteiger partial charge on any atom is -0.388 e. The first-order chi connectivity index (χ1) is 8.74. The zero-order chi connectivity index (χ0) is 12.5. The molecule has 1 saturated carbocycles. The average molecular weight is 240 g/mol. The van der Waals surface area contributed by atoms with Crippen molar-refractivity contribution in [3.63, 3.8) is 0 Å². The molecule has 0 radical (unpaired) electrons. The lowest BCUT2D eigenvalue weighted by atomic mass is 9.92. The van der Waals surface area contributed by atoms with E-state index in [4.69, 9.17) is 0 Å². The Labute approximate surface area is 108 Å². The molecule has 0 saturated heterocycles. The van der Waals surface area contributed by atoms with Gasteiger partial charge in [-0.1, -0.05) is 49.7 Å². The molecule has 0 bridgehead atoms. The summed E-state index contributed by atoms with van der Waals surface area (Å²) in [7, 11) is 0. The summed E-state index contributed by atoms with van der Waals surface area (Å²) in [5.74, 6) is 1.21. The number of hydrogen-bond donors (Lipinski definition) is 1. The normalized spacial score (nSPS) is 25.4. The average Bonchev–Trinajstić information content (AvgIpc) is 2.84. The van der Waals surface area contributed by atoms with Gasteiger partial charge in [-0.3, -0.25) is 0 Å². The third-order valence-electron chi connectivity index (χ3n) is 4.30. The SMILES string of the molecule is CC1CCC(C(O)c2ccc3ccccc3c2)C1. The maximum atomic E-state index is 10.5. The van der Waals surface area contributed by atoms with Gasteiger partial charge in [0.15, 0.2) is 0 Å². The van der Waals surface area contributed by atoms with Gasteiger partial charge in [0.05, 0.1) is 6.10 Å². The van der Waals surface area contributed by atoms with Crippen LogP contribution >= 0.6 is 0 Å². The molecular formula is C17H20O. The van der Waals surface area contributed by atoms with Crippen LogP contribution in [-0.2, 0) is 0 Å². The molecule has 3 unspecified atom stereocenters. The fraction of sp³-hybridized carbons (Fsp3) is 0.412. The van der Waals surface area contributed by atoms with Crippen LogP contribution in [-0.4, -0.2) is 5.11 Å². The molecule has 94 valence electrons. The highest BCUT2D eigenvalue weighted by Gasteiger charge is 2.28. The van der Waals surface area contributed by atoms with E-state index in [2.05, 4.69) is 49.4 Å². The van der Waals surface area contributed by atoms with E-state index in [0.717, 1.165) is 24.3 Å². The molecule has 1 fully saturated rings. The molecule has 1 N–H and O–H groups in total. The van der Waals surface area contributed by atoms with Crippen molar-refractivity contribution in [1.82, 2.24) is 0 Å². The number of aliphatic hydroxyl groups excluding tert-OH is 1. The Morgan fingerprint density at radius 1 is 1.06 bits per heavy atom. The van der Waals surface area contributed by atoms with Gasteiger partial charge >= 0.3 is 0 Å². The molecule has 2 aromatic carbocycles. The summed E-state index contributed by atoms with van der Waals surface area (Å²) in [4.78, 5) is 0. The minimum absolute atomic E-state index is 0.292. The predicted molar refractivity (Wildman–Crippen MR) is 75.4 cm³/mol. The monoisotopic (exact) mass is 240 g/mol. The van der Waals surface area contributed by atoms with E-state index in [1.54, 1.807) is 0 Å². The zero-order valence-electron chi connectivity index (χ0n) is 10.8. The van der Waals surface area contributed by atoms with E-state index in [9.17, 15) is 5.11 Å². The standard InChI is InChI=1S/C17H20O/c1-12-6-7-15(10-12)17(18)16-9-8-13-4-2-3-5-14(13)11-16/h2-5,8-9,11-12,15,17-18H,6-7,10H2,1H3. The maximum Gasteiger partial charge on any atom is 0.0818 e. The second-order valence-electron chi connectivity index (χ2n) is 5.73. The van der Waals surface area contributed by atoms with Crippen molar-refractivity contribution in [2.24, 2.45) is 11.8 Å². The zero-order valence-corrected chi connectivity index (χ0v) is 10.8. The van der Waals surface area contributed by atoms with Crippen molar-refractivity contribution < 1.29 is 5.11 Å². The van der Waals surface area contributed by atoms with Crippen LogP contribution in [0.25, 0.3) is 10.8 Å². The molecule has 3 atom stereocenters. The fourth-order valence-electron chi connectivity index (χ4n) is 3.20. The topological polar surface area (TPSA) is 20.2 Å². The summed E-state index contributed by atoms with van der Waals surface area (Å²) in [6.45, 7) is 2.28. The van der Waals surface area contributed by atoms with E-state index in [1.807, 2.05) is 0 Å². The number of fused-ring (bicyclic) bond motifs is 1. The van der Waals surface area contributed by atoms with Crippen molar-refractivity contribution in [1.29, 1.82) is 0 Å². The summed E-state index contributed by atoms with van der Waals surface area (Å²) in [5, 5.41) is 13.0. The Morgan fingerprint density at radius 3 is 2.56 bits per heavy atom. The minimum atomic E-state index is -0.292. The number of benzene rings is 2. The van der Waals surface area contributed by atoms with Gasteiger partial charge in [-0.25, -0.2) is 0 Å². The molecule has 1 aliphatic rings. The third kappa shape index (κ3) is 2.15. The molecule has 0 spiro atoms. The van der Waals surface area contributed by atoms with Crippen LogP contribution in [0.2, 0.25) is 0 Å². The smallest absolute Gasteiger partial charge is 0.0818 e. The molecule has 2 aromatic rings. The molecule has 0 heterocycles. The molecule has 0 aliphatic heterocycles. The first-order valence-electron chi connectivity index (χ1n) is 6.91. The summed E-state index contributed by atoms with van der Waals surface area (Å²) in [5.41, 5.74) is 1.08. The quantitative estimate of drug-likeness (QED) is 0.829. The van der Waals surface area contributed by atoms with Crippen molar-refractivity contribution in [3.8, 4) is 0 Å². The third-order valence-corrected chi connectivity index (χ3v) is 4.30. The molecule has 1 heteroatoms. The van der Waals surface area contributed by atoms with Crippen LogP contribution in [0.4, 0.5) is 0 Å². The second-order valence-corrected chi connectivity index (χ2v) is 5.73. The van der Waals surface area contributed by atoms with E-state index >= 15 is 0 Å². The molecule has 3 rings (SSSR count). The molecule has 1 nitrogen and oxygen atoms in total. The van der Waals surface area contributed by atoms with Gasteiger partial charge in [0.25, 0.3) is 0 Å². The van der Waals surface area contributed by atoms with Crippen LogP contribution in [0.5, 0.6) is 0 Å². The van der Waals surface area contributed by atoms with Crippen molar-refractivity contribution in [2.75, 3.05) is 0 Å². The number of aliphatic hydroxyl groups is 1. The summed E-state index contributed by atoms with van der Waals surface area (Å²) in [6.07, 6.45) is 3.29. The highest BCUT2D eigenvalue weighted by molar-refractivity contribution is 5.83. The second kappa shape index (κ2) is 4.74. The Hall–Kier alpha value is -1.34. The predicted octanol–water partition coefficient (Wildman–Crippen LogP) is 4.31. The summed E-state index contributed by atoms with van der Waals surface area (Å²) >= 11 is 0. The number of hydrogen-bond acceptors (Lipinski definition) is 1. The van der Waals surface area contributed by atoms with Gasteiger partial charge in [-0.05, 0) is 47.1 Å². The van der Waals surface area contributed by atoms with Crippen molar-refractivity contribution in [2.45, 2.75) is 32.3 Å². The van der Waals surface area contributed by atoms with E-state index < -0.39 is 0 Å². The molecule has 0 aromatic heterocycles. The Morgan fingerprint density at radius 2 is 1.83 bits per heavy atom. The summed E-state index contributed by atoms with van der Waals surface area (Å²) in [6, 6.07) is 14.7. The van der Waals surface area contributed by atoms with Crippen LogP contribution in [0, 0.1) is 11.8 Å². The van der Waals surface area contributed by atoms with Gasteiger partial charge in [0, 0.05) is 0 Å². The highest BCUT2D eigenvalue weighted by Crippen LogP contribution is 2.39. The van der Waals surface area contributed by atoms with Gasteiger partial charge < -0.3 is 5.11 Å². The molecule has 18 heavy (non-hydrogen) atoms. The molecule has 0 amide bonds. The lowest BCUT2D eigenvalue weighted by molar-refractivity contribution is 0.110. The Balaban J connectivity index is 1.89. The van der Waals surface area contributed by atoms with E-state index in [-0.39, 0.29) is 6.10 Å². The van der Waals surface area contributed by atoms with Crippen LogP contribution in [0.15, 0.2) is 42.5 Å². The van der Waals surface area contributed by atoms with Crippen LogP contribution < -0.4 is 0 Å². The lowest BCUT2D eigenvalue weighted by Gasteiger charge is -2.18. The lowest BCUT2D eigenvalue weighted by Crippen LogP contribution is -2.09. The van der Waals surface area contributed by atoms with Crippen molar-refractivity contribution in [3.05, 3.63) is 48.0 Å². The summed E-state index contributed by atoms with van der Waals surface area (Å²) < 4.78 is 0. The van der Waals surface area contributed by atoms with Gasteiger partial charge in [0.2, 0.25) is 0 Å².